The fourth-order valence-electron chi connectivity index (χ4n) is 4.01. The van der Waals surface area contributed by atoms with Gasteiger partial charge in [0.25, 0.3) is 0 Å². The number of hydrogen-bond donors (Lipinski definition) is 5. The average molecular weight is 358 g/mol. The third-order valence-corrected chi connectivity index (χ3v) is 6.75. The maximum atomic E-state index is 12.1. The van der Waals surface area contributed by atoms with E-state index in [1.165, 1.54) is 25.7 Å². The van der Waals surface area contributed by atoms with Crippen molar-refractivity contribution < 1.29 is 9.53 Å². The summed E-state index contributed by atoms with van der Waals surface area (Å²) in [5.74, 6) is 0. The van der Waals surface area contributed by atoms with E-state index in [0.717, 1.165) is 25.7 Å². The van der Waals surface area contributed by atoms with Crippen LogP contribution < -0.4 is 27.0 Å². The van der Waals surface area contributed by atoms with Crippen LogP contribution in [0.1, 0.15) is 51.4 Å². The molecule has 2 saturated carbocycles. The van der Waals surface area contributed by atoms with E-state index in [2.05, 4.69) is 21.3 Å². The number of nitrogens with one attached hydrogen (secondary N) is 4. The van der Waals surface area contributed by atoms with E-state index in [0.29, 0.717) is 11.3 Å². The number of amides is 2. The molecule has 1 saturated heterocycles. The number of urea groups is 1. The van der Waals surface area contributed by atoms with Gasteiger partial charge in [0, 0.05) is 24.4 Å². The summed E-state index contributed by atoms with van der Waals surface area (Å²) in [5, 5.41) is 13.3. The van der Waals surface area contributed by atoms with E-state index in [-0.39, 0.29) is 23.7 Å². The van der Waals surface area contributed by atoms with E-state index in [9.17, 15) is 4.79 Å². The molecule has 1 heterocycles. The standard InChI is InChI=1S/C16H31N5O2S/c1-23-11-6-4-5-10(9-11)18-15(22)20-14(17)21-16-19-12-7-2-3-8-13(12)24-16/h10-14,16,19,21H,2-9,17H2,1H3,(H2,18,20,22). The first-order chi connectivity index (χ1) is 11.6. The van der Waals surface area contributed by atoms with E-state index >= 15 is 0 Å². The van der Waals surface area contributed by atoms with E-state index in [4.69, 9.17) is 10.5 Å². The third kappa shape index (κ3) is 4.98. The van der Waals surface area contributed by atoms with Crippen molar-refractivity contribution in [3.8, 4) is 0 Å². The molecule has 3 rings (SSSR count). The molecule has 0 radical (unpaired) electrons. The lowest BCUT2D eigenvalue weighted by atomic mass is 9.93. The Morgan fingerprint density at radius 2 is 2.08 bits per heavy atom. The molecule has 138 valence electrons. The SMILES string of the molecule is COC1CCCC(NC(=O)NC(N)NC2NC3CCCCC3S2)C1. The van der Waals surface area contributed by atoms with Crippen LogP contribution in [0, 0.1) is 0 Å². The normalized spacial score (nSPS) is 37.5. The zero-order valence-corrected chi connectivity index (χ0v) is 15.2. The third-order valence-electron chi connectivity index (χ3n) is 5.29. The summed E-state index contributed by atoms with van der Waals surface area (Å²) in [7, 11) is 1.73. The zero-order chi connectivity index (χ0) is 16.9. The van der Waals surface area contributed by atoms with Crippen LogP contribution in [-0.2, 0) is 4.74 Å². The molecule has 0 spiro atoms. The van der Waals surface area contributed by atoms with Crippen LogP contribution >= 0.6 is 11.8 Å². The molecule has 7 nitrogen and oxygen atoms in total. The number of carbonyl (C=O) groups excluding carboxylic acids is 1. The fourth-order valence-corrected chi connectivity index (χ4v) is 5.54. The topological polar surface area (TPSA) is 100 Å². The maximum absolute atomic E-state index is 12.1. The van der Waals surface area contributed by atoms with Gasteiger partial charge in [-0.2, -0.15) is 0 Å². The van der Waals surface area contributed by atoms with Gasteiger partial charge in [0.2, 0.25) is 0 Å². The summed E-state index contributed by atoms with van der Waals surface area (Å²) >= 11 is 1.90. The second kappa shape index (κ2) is 8.71. The minimum Gasteiger partial charge on any atom is -0.381 e. The van der Waals surface area contributed by atoms with Gasteiger partial charge in [0.15, 0.2) is 0 Å². The van der Waals surface area contributed by atoms with E-state index in [1.807, 2.05) is 11.8 Å². The summed E-state index contributed by atoms with van der Waals surface area (Å²) in [6.45, 7) is 0. The highest BCUT2D eigenvalue weighted by Gasteiger charge is 2.36. The Bertz CT molecular complexity index is 413. The van der Waals surface area contributed by atoms with Crippen LogP contribution in [0.5, 0.6) is 0 Å². The summed E-state index contributed by atoms with van der Waals surface area (Å²) in [4.78, 5) is 12.1. The molecule has 8 heteroatoms. The average Bonchev–Trinajstić information content (AvgIpc) is 2.96. The molecule has 6 N–H and O–H groups in total. The monoisotopic (exact) mass is 357 g/mol. The van der Waals surface area contributed by atoms with Gasteiger partial charge in [0.05, 0.1) is 6.10 Å². The van der Waals surface area contributed by atoms with Crippen molar-refractivity contribution in [2.45, 2.75) is 86.6 Å². The van der Waals surface area contributed by atoms with Crippen molar-refractivity contribution in [2.24, 2.45) is 5.73 Å². The van der Waals surface area contributed by atoms with Gasteiger partial charge in [0.1, 0.15) is 11.8 Å². The molecule has 0 bridgehead atoms. The molecule has 6 unspecified atom stereocenters. The second-order valence-electron chi connectivity index (χ2n) is 7.10. The molecule has 2 aliphatic carbocycles. The van der Waals surface area contributed by atoms with Crippen molar-refractivity contribution in [3.05, 3.63) is 0 Å². The lowest BCUT2D eigenvalue weighted by Crippen LogP contribution is -2.60. The number of hydrogen-bond acceptors (Lipinski definition) is 6. The van der Waals surface area contributed by atoms with Gasteiger partial charge >= 0.3 is 6.03 Å². The van der Waals surface area contributed by atoms with Crippen molar-refractivity contribution >= 4 is 17.8 Å². The van der Waals surface area contributed by atoms with Crippen LogP contribution in [0.15, 0.2) is 0 Å². The molecule has 0 aromatic rings. The molecule has 6 atom stereocenters. The number of thioether (sulfide) groups is 1. The Kier molecular flexibility index (Phi) is 6.63. The highest BCUT2D eigenvalue weighted by molar-refractivity contribution is 8.00. The van der Waals surface area contributed by atoms with Crippen molar-refractivity contribution in [2.75, 3.05) is 7.11 Å². The number of methoxy groups -OCH3 is 1. The Balaban J connectivity index is 1.37. The van der Waals surface area contributed by atoms with Crippen molar-refractivity contribution in [3.63, 3.8) is 0 Å². The summed E-state index contributed by atoms with van der Waals surface area (Å²) in [6, 6.07) is 0.533. The van der Waals surface area contributed by atoms with Crippen LogP contribution in [0.4, 0.5) is 4.79 Å². The van der Waals surface area contributed by atoms with Gasteiger partial charge in [-0.15, -0.1) is 11.8 Å². The van der Waals surface area contributed by atoms with Crippen molar-refractivity contribution in [1.29, 1.82) is 0 Å². The van der Waals surface area contributed by atoms with E-state index < -0.39 is 6.29 Å². The molecule has 0 aromatic carbocycles. The van der Waals surface area contributed by atoms with Gasteiger partial charge < -0.3 is 15.4 Å². The molecule has 0 aromatic heterocycles. The quantitative estimate of drug-likeness (QED) is 0.471. The first kappa shape index (κ1) is 18.3. The molecular weight excluding hydrogens is 326 g/mol. The van der Waals surface area contributed by atoms with Gasteiger partial charge in [-0.05, 0) is 38.5 Å². The van der Waals surface area contributed by atoms with Gasteiger partial charge in [-0.1, -0.05) is 12.8 Å². The molecule has 24 heavy (non-hydrogen) atoms. The highest BCUT2D eigenvalue weighted by Crippen LogP contribution is 2.35. The molecule has 2 amide bonds. The minimum atomic E-state index is -0.558. The summed E-state index contributed by atoms with van der Waals surface area (Å²) < 4.78 is 5.40. The predicted octanol–water partition coefficient (Wildman–Crippen LogP) is 1.01. The Labute approximate surface area is 148 Å². The van der Waals surface area contributed by atoms with Crippen LogP contribution in [0.3, 0.4) is 0 Å². The van der Waals surface area contributed by atoms with Crippen LogP contribution in [-0.4, -0.2) is 48.4 Å². The largest absolute Gasteiger partial charge is 0.381 e. The summed E-state index contributed by atoms with van der Waals surface area (Å²) in [5.41, 5.74) is 6.15. The van der Waals surface area contributed by atoms with Gasteiger partial charge in [-0.25, -0.2) is 4.79 Å². The zero-order valence-electron chi connectivity index (χ0n) is 14.4. The molecule has 1 aliphatic heterocycles. The Morgan fingerprint density at radius 3 is 2.88 bits per heavy atom. The van der Waals surface area contributed by atoms with Crippen LogP contribution in [0.25, 0.3) is 0 Å². The summed E-state index contributed by atoms with van der Waals surface area (Å²) in [6.07, 6.45) is 8.85. The highest BCUT2D eigenvalue weighted by atomic mass is 32.2. The first-order valence-corrected chi connectivity index (χ1v) is 10.1. The molecule has 3 fully saturated rings. The number of nitrogens with two attached hydrogens (primary N) is 1. The van der Waals surface area contributed by atoms with Crippen LogP contribution in [0.2, 0.25) is 0 Å². The minimum absolute atomic E-state index is 0.112. The van der Waals surface area contributed by atoms with Crippen molar-refractivity contribution in [1.82, 2.24) is 21.3 Å². The number of carbonyl (C=O) groups is 1. The van der Waals surface area contributed by atoms with E-state index in [1.54, 1.807) is 7.11 Å². The first-order valence-electron chi connectivity index (χ1n) is 9.17. The smallest absolute Gasteiger partial charge is 0.317 e. The lowest BCUT2D eigenvalue weighted by molar-refractivity contribution is 0.0603. The lowest BCUT2D eigenvalue weighted by Gasteiger charge is -2.29. The van der Waals surface area contributed by atoms with Gasteiger partial charge in [-0.3, -0.25) is 16.4 Å². The number of fused-ring (bicyclic) bond motifs is 1. The second-order valence-corrected chi connectivity index (χ2v) is 8.44. The maximum Gasteiger partial charge on any atom is 0.317 e. The molecular formula is C16H31N5O2S. The molecule has 3 aliphatic rings. The Morgan fingerprint density at radius 1 is 1.25 bits per heavy atom. The number of rotatable bonds is 5. The predicted molar refractivity (Wildman–Crippen MR) is 96.4 cm³/mol. The Hall–Kier alpha value is -0.540. The fraction of sp³-hybridized carbons (Fsp3) is 0.938. The number of ether oxygens (including phenoxy) is 1.